The molecule has 11 heteroatoms. The van der Waals surface area contributed by atoms with E-state index in [1.54, 1.807) is 0 Å². The minimum Gasteiger partial charge on any atom is -0.462 e. The molecule has 0 aliphatic rings. The van der Waals surface area contributed by atoms with Crippen LogP contribution in [0.25, 0.3) is 0 Å². The van der Waals surface area contributed by atoms with Gasteiger partial charge in [0.1, 0.15) is 12.7 Å². The zero-order chi connectivity index (χ0) is 34.9. The fourth-order valence-electron chi connectivity index (χ4n) is 4.99. The van der Waals surface area contributed by atoms with Crippen LogP contribution in [0.15, 0.2) is 12.2 Å². The highest BCUT2D eigenvalue weighted by Crippen LogP contribution is 2.43. The second-order valence-corrected chi connectivity index (χ2v) is 14.1. The van der Waals surface area contributed by atoms with Crippen LogP contribution in [0.5, 0.6) is 0 Å². The molecule has 0 saturated heterocycles. The number of rotatable bonds is 35. The molecule has 3 atom stereocenters. The number of unbranched alkanes of at least 4 members (excludes halogenated alkanes) is 19. The van der Waals surface area contributed by atoms with Crippen molar-refractivity contribution >= 4 is 19.8 Å². The van der Waals surface area contributed by atoms with Crippen molar-refractivity contribution in [2.75, 3.05) is 26.4 Å². The van der Waals surface area contributed by atoms with Gasteiger partial charge in [-0.15, -0.1) is 0 Å². The maximum atomic E-state index is 12.5. The lowest BCUT2D eigenvalue weighted by Crippen LogP contribution is -2.29. The number of carbonyl (C=O) groups excluding carboxylic acids is 2. The summed E-state index contributed by atoms with van der Waals surface area (Å²) in [6.45, 7) is 2.33. The summed E-state index contributed by atoms with van der Waals surface area (Å²) in [7, 11) is -4.60. The van der Waals surface area contributed by atoms with Crippen LogP contribution in [0.1, 0.15) is 168 Å². The van der Waals surface area contributed by atoms with Gasteiger partial charge in [0.2, 0.25) is 0 Å². The Morgan fingerprint density at radius 2 is 1.04 bits per heavy atom. The molecule has 0 fully saturated rings. The SMILES string of the molecule is CCCCCCCC/C=C\CCCCCCCC(=O)OC[C@H](COP(=O)(O)OC[C@@H](O)CO)OC(=O)CCCCCCCCCCC. The molecule has 0 aromatic rings. The fourth-order valence-corrected chi connectivity index (χ4v) is 5.78. The Balaban J connectivity index is 4.34. The van der Waals surface area contributed by atoms with E-state index in [0.717, 1.165) is 51.4 Å². The van der Waals surface area contributed by atoms with Crippen molar-refractivity contribution in [3.05, 3.63) is 12.2 Å². The van der Waals surface area contributed by atoms with Gasteiger partial charge >= 0.3 is 19.8 Å². The minimum absolute atomic E-state index is 0.186. The van der Waals surface area contributed by atoms with Crippen molar-refractivity contribution in [1.29, 1.82) is 0 Å². The Labute approximate surface area is 286 Å². The standard InChI is InChI=1S/C36H69O10P/c1-3-5-7-9-11-13-14-15-16-17-18-20-21-23-25-27-35(39)43-31-34(32-45-47(41,42)44-30-33(38)29-37)46-36(40)28-26-24-22-19-12-10-8-6-4-2/h15-16,33-34,37-38H,3-14,17-32H2,1-2H3,(H,41,42)/b16-15-/t33-,34+/m0/s1. The van der Waals surface area contributed by atoms with Crippen LogP contribution in [0.3, 0.4) is 0 Å². The second kappa shape index (κ2) is 33.2. The monoisotopic (exact) mass is 692 g/mol. The third-order valence-electron chi connectivity index (χ3n) is 7.92. The quantitative estimate of drug-likeness (QED) is 0.0254. The largest absolute Gasteiger partial charge is 0.472 e. The highest BCUT2D eigenvalue weighted by molar-refractivity contribution is 7.47. The number of aliphatic hydroxyl groups excluding tert-OH is 2. The predicted octanol–water partition coefficient (Wildman–Crippen LogP) is 8.89. The summed E-state index contributed by atoms with van der Waals surface area (Å²) in [5.41, 5.74) is 0. The average Bonchev–Trinajstić information content (AvgIpc) is 3.05. The topological polar surface area (TPSA) is 149 Å². The Morgan fingerprint density at radius 1 is 0.617 bits per heavy atom. The van der Waals surface area contributed by atoms with E-state index in [1.165, 1.54) is 77.0 Å². The lowest BCUT2D eigenvalue weighted by molar-refractivity contribution is -0.161. The molecule has 0 saturated carbocycles. The number of hydrogen-bond donors (Lipinski definition) is 3. The normalized spacial score (nSPS) is 14.2. The van der Waals surface area contributed by atoms with Gasteiger partial charge in [-0.05, 0) is 38.5 Å². The smallest absolute Gasteiger partial charge is 0.462 e. The summed E-state index contributed by atoms with van der Waals surface area (Å²) in [5.74, 6) is -0.934. The molecule has 0 aliphatic carbocycles. The number of carbonyl (C=O) groups is 2. The van der Waals surface area contributed by atoms with Crippen LogP contribution in [0, 0.1) is 0 Å². The zero-order valence-electron chi connectivity index (χ0n) is 29.8. The van der Waals surface area contributed by atoms with Gasteiger partial charge in [-0.1, -0.05) is 129 Å². The summed E-state index contributed by atoms with van der Waals surface area (Å²) in [6.07, 6.45) is 27.6. The highest BCUT2D eigenvalue weighted by atomic mass is 31.2. The minimum atomic E-state index is -4.60. The van der Waals surface area contributed by atoms with E-state index >= 15 is 0 Å². The molecule has 3 N–H and O–H groups in total. The van der Waals surface area contributed by atoms with Gasteiger partial charge < -0.3 is 24.6 Å². The Bertz CT molecular complexity index is 807. The van der Waals surface area contributed by atoms with Gasteiger partial charge in [0, 0.05) is 12.8 Å². The summed E-state index contributed by atoms with van der Waals surface area (Å²) in [5, 5.41) is 18.2. The molecular weight excluding hydrogens is 623 g/mol. The average molecular weight is 693 g/mol. The van der Waals surface area contributed by atoms with E-state index in [1.807, 2.05) is 0 Å². The fraction of sp³-hybridized carbons (Fsp3) is 0.889. The van der Waals surface area contributed by atoms with Crippen LogP contribution >= 0.6 is 7.82 Å². The van der Waals surface area contributed by atoms with Crippen molar-refractivity contribution in [1.82, 2.24) is 0 Å². The van der Waals surface area contributed by atoms with Gasteiger partial charge in [-0.2, -0.15) is 0 Å². The summed E-state index contributed by atoms with van der Waals surface area (Å²) in [6, 6.07) is 0. The van der Waals surface area contributed by atoms with Gasteiger partial charge in [0.05, 0.1) is 19.8 Å². The molecule has 278 valence electrons. The van der Waals surface area contributed by atoms with Crippen LogP contribution in [0.2, 0.25) is 0 Å². The molecular formula is C36H69O10P. The maximum Gasteiger partial charge on any atom is 0.472 e. The van der Waals surface area contributed by atoms with Crippen molar-refractivity contribution in [2.45, 2.75) is 180 Å². The van der Waals surface area contributed by atoms with E-state index in [-0.39, 0.29) is 19.4 Å². The van der Waals surface area contributed by atoms with Crippen LogP contribution < -0.4 is 0 Å². The first-order valence-electron chi connectivity index (χ1n) is 18.6. The van der Waals surface area contributed by atoms with E-state index in [0.29, 0.717) is 12.8 Å². The molecule has 0 spiro atoms. The third kappa shape index (κ3) is 33.0. The van der Waals surface area contributed by atoms with E-state index in [4.69, 9.17) is 19.1 Å². The number of phosphoric acid groups is 1. The molecule has 47 heavy (non-hydrogen) atoms. The summed E-state index contributed by atoms with van der Waals surface area (Å²) < 4.78 is 32.5. The molecule has 1 unspecified atom stereocenters. The maximum absolute atomic E-state index is 12.5. The lowest BCUT2D eigenvalue weighted by atomic mass is 10.1. The van der Waals surface area contributed by atoms with Crippen molar-refractivity contribution in [3.8, 4) is 0 Å². The lowest BCUT2D eigenvalue weighted by Gasteiger charge is -2.20. The van der Waals surface area contributed by atoms with Gasteiger partial charge in [0.15, 0.2) is 6.10 Å². The molecule has 0 aromatic carbocycles. The molecule has 0 bridgehead atoms. The first-order chi connectivity index (χ1) is 22.7. The summed E-state index contributed by atoms with van der Waals surface area (Å²) in [4.78, 5) is 34.7. The van der Waals surface area contributed by atoms with Gasteiger partial charge in [-0.25, -0.2) is 4.57 Å². The number of ether oxygens (including phenoxy) is 2. The Morgan fingerprint density at radius 3 is 1.53 bits per heavy atom. The van der Waals surface area contributed by atoms with Gasteiger partial charge in [-0.3, -0.25) is 18.6 Å². The molecule has 0 aromatic heterocycles. The molecule has 10 nitrogen and oxygen atoms in total. The number of esters is 2. The predicted molar refractivity (Wildman–Crippen MR) is 187 cm³/mol. The van der Waals surface area contributed by atoms with Crippen LogP contribution in [0.4, 0.5) is 0 Å². The molecule has 0 heterocycles. The van der Waals surface area contributed by atoms with E-state index < -0.39 is 51.8 Å². The van der Waals surface area contributed by atoms with E-state index in [2.05, 4.69) is 30.5 Å². The first-order valence-corrected chi connectivity index (χ1v) is 20.1. The third-order valence-corrected chi connectivity index (χ3v) is 8.87. The highest BCUT2D eigenvalue weighted by Gasteiger charge is 2.27. The molecule has 0 amide bonds. The first kappa shape index (κ1) is 45.7. The summed E-state index contributed by atoms with van der Waals surface area (Å²) >= 11 is 0. The Hall–Kier alpha value is -1.29. The van der Waals surface area contributed by atoms with Crippen molar-refractivity contribution < 1.29 is 47.8 Å². The zero-order valence-corrected chi connectivity index (χ0v) is 30.6. The van der Waals surface area contributed by atoms with Crippen molar-refractivity contribution in [2.24, 2.45) is 0 Å². The molecule has 0 radical (unpaired) electrons. The second-order valence-electron chi connectivity index (χ2n) is 12.6. The molecule has 0 aliphatic heterocycles. The number of allylic oxidation sites excluding steroid dienone is 2. The van der Waals surface area contributed by atoms with Crippen molar-refractivity contribution in [3.63, 3.8) is 0 Å². The van der Waals surface area contributed by atoms with Crippen LogP contribution in [-0.2, 0) is 32.7 Å². The van der Waals surface area contributed by atoms with Gasteiger partial charge in [0.25, 0.3) is 0 Å². The number of phosphoric ester groups is 1. The molecule has 0 rings (SSSR count). The van der Waals surface area contributed by atoms with E-state index in [9.17, 15) is 24.2 Å². The number of hydrogen-bond acceptors (Lipinski definition) is 9. The Kier molecular flexibility index (Phi) is 32.3. The van der Waals surface area contributed by atoms with Crippen LogP contribution in [-0.4, -0.2) is 65.7 Å². The number of aliphatic hydroxyl groups is 2.